The smallest absolute Gasteiger partial charge is 0.257 e. The van der Waals surface area contributed by atoms with Crippen LogP contribution in [0, 0.1) is 5.82 Å². The summed E-state index contributed by atoms with van der Waals surface area (Å²) in [4.78, 5) is 14.8. The van der Waals surface area contributed by atoms with Crippen molar-refractivity contribution in [1.82, 2.24) is 4.90 Å². The first-order chi connectivity index (χ1) is 12.1. The molecule has 2 aliphatic heterocycles. The van der Waals surface area contributed by atoms with Gasteiger partial charge in [0.15, 0.2) is 0 Å². The fourth-order valence-electron chi connectivity index (χ4n) is 3.46. The maximum atomic E-state index is 14.5. The van der Waals surface area contributed by atoms with Crippen molar-refractivity contribution in [2.24, 2.45) is 0 Å². The Morgan fingerprint density at radius 3 is 2.92 bits per heavy atom. The minimum absolute atomic E-state index is 0.00581. The molecule has 0 saturated carbocycles. The first-order valence-corrected chi connectivity index (χ1v) is 9.16. The molecule has 1 saturated heterocycles. The van der Waals surface area contributed by atoms with E-state index in [-0.39, 0.29) is 17.8 Å². The zero-order chi connectivity index (χ0) is 17.4. The lowest BCUT2D eigenvalue weighted by Crippen LogP contribution is -2.46. The molecule has 1 fully saturated rings. The number of carbonyl (C=O) groups excluding carboxylic acids is 1. The number of rotatable bonds is 3. The van der Waals surface area contributed by atoms with Crippen molar-refractivity contribution < 1.29 is 13.9 Å². The molecule has 0 aromatic heterocycles. The van der Waals surface area contributed by atoms with Crippen LogP contribution in [0.4, 0.5) is 10.1 Å². The molecule has 0 spiro atoms. The molecule has 0 bridgehead atoms. The molecule has 2 aliphatic rings. The van der Waals surface area contributed by atoms with Gasteiger partial charge in [-0.05, 0) is 43.2 Å². The highest BCUT2D eigenvalue weighted by Crippen LogP contribution is 2.35. The monoisotopic (exact) mass is 404 g/mol. The number of ether oxygens (including phenoxy) is 1. The molecule has 4 nitrogen and oxygen atoms in total. The second-order valence-electron chi connectivity index (χ2n) is 6.35. The van der Waals surface area contributed by atoms with Gasteiger partial charge in [-0.1, -0.05) is 28.1 Å². The fraction of sp³-hybridized carbons (Fsp3) is 0.316. The van der Waals surface area contributed by atoms with Crippen molar-refractivity contribution in [2.75, 3.05) is 18.5 Å². The first kappa shape index (κ1) is 16.5. The maximum absolute atomic E-state index is 14.5. The lowest BCUT2D eigenvalue weighted by atomic mass is 10.0. The molecule has 2 atom stereocenters. The van der Waals surface area contributed by atoms with Crippen LogP contribution in [0.5, 0.6) is 0 Å². The largest absolute Gasteiger partial charge is 0.376 e. The summed E-state index contributed by atoms with van der Waals surface area (Å²) in [6.45, 7) is 1.16. The summed E-state index contributed by atoms with van der Waals surface area (Å²) in [5.74, 6) is -0.445. The molecule has 25 heavy (non-hydrogen) atoms. The van der Waals surface area contributed by atoms with E-state index in [0.29, 0.717) is 24.3 Å². The molecule has 1 amide bonds. The summed E-state index contributed by atoms with van der Waals surface area (Å²) in [5.41, 5.74) is 1.77. The van der Waals surface area contributed by atoms with Crippen molar-refractivity contribution in [3.05, 3.63) is 63.9 Å². The summed E-state index contributed by atoms with van der Waals surface area (Å²) in [6.07, 6.45) is 1.34. The van der Waals surface area contributed by atoms with Crippen molar-refractivity contribution >= 4 is 27.5 Å². The molecule has 0 aliphatic carbocycles. The van der Waals surface area contributed by atoms with Crippen LogP contribution in [0.1, 0.15) is 34.9 Å². The number of fused-ring (bicyclic) bond motifs is 1. The van der Waals surface area contributed by atoms with Crippen LogP contribution in [0.3, 0.4) is 0 Å². The van der Waals surface area contributed by atoms with Gasteiger partial charge in [-0.2, -0.15) is 0 Å². The van der Waals surface area contributed by atoms with Crippen LogP contribution in [-0.4, -0.2) is 30.1 Å². The van der Waals surface area contributed by atoms with Crippen molar-refractivity contribution in [1.29, 1.82) is 0 Å². The Balaban J connectivity index is 1.75. The Morgan fingerprint density at radius 1 is 1.28 bits per heavy atom. The van der Waals surface area contributed by atoms with E-state index in [0.717, 1.165) is 23.0 Å². The Kier molecular flexibility index (Phi) is 4.48. The predicted molar refractivity (Wildman–Crippen MR) is 96.9 cm³/mol. The van der Waals surface area contributed by atoms with Crippen LogP contribution >= 0.6 is 15.9 Å². The Morgan fingerprint density at radius 2 is 2.12 bits per heavy atom. The van der Waals surface area contributed by atoms with Gasteiger partial charge in [0.25, 0.3) is 5.91 Å². The molecule has 2 aromatic carbocycles. The standard InChI is InChI=1S/C19H18BrFN2O2/c20-12-7-8-16(21)15(10-12)18-22-17-6-2-1-5-14(17)19(24)23(18)11-13-4-3-9-25-13/h1-2,5-8,10,13,18,22H,3-4,9,11H2. The number of para-hydroxylation sites is 1. The van der Waals surface area contributed by atoms with Crippen LogP contribution in [0.15, 0.2) is 46.9 Å². The summed E-state index contributed by atoms with van der Waals surface area (Å²) >= 11 is 3.40. The molecular formula is C19H18BrFN2O2. The summed E-state index contributed by atoms with van der Waals surface area (Å²) in [7, 11) is 0. The molecule has 4 rings (SSSR count). The minimum Gasteiger partial charge on any atom is -0.376 e. The first-order valence-electron chi connectivity index (χ1n) is 8.36. The average molecular weight is 405 g/mol. The topological polar surface area (TPSA) is 41.6 Å². The van der Waals surface area contributed by atoms with E-state index in [1.807, 2.05) is 18.2 Å². The van der Waals surface area contributed by atoms with Crippen molar-refractivity contribution in [3.63, 3.8) is 0 Å². The lowest BCUT2D eigenvalue weighted by molar-refractivity contribution is 0.0423. The number of hydrogen-bond acceptors (Lipinski definition) is 3. The van der Waals surface area contributed by atoms with E-state index < -0.39 is 6.17 Å². The Hall–Kier alpha value is -1.92. The second-order valence-corrected chi connectivity index (χ2v) is 7.27. The summed E-state index contributed by atoms with van der Waals surface area (Å²) in [6, 6.07) is 12.1. The van der Waals surface area contributed by atoms with E-state index in [1.54, 1.807) is 23.1 Å². The van der Waals surface area contributed by atoms with Gasteiger partial charge in [-0.25, -0.2) is 4.39 Å². The van der Waals surface area contributed by atoms with Crippen molar-refractivity contribution in [3.8, 4) is 0 Å². The highest BCUT2D eigenvalue weighted by atomic mass is 79.9. The van der Waals surface area contributed by atoms with E-state index in [1.165, 1.54) is 6.07 Å². The molecule has 2 unspecified atom stereocenters. The van der Waals surface area contributed by atoms with Gasteiger partial charge in [0.1, 0.15) is 12.0 Å². The maximum Gasteiger partial charge on any atom is 0.257 e. The van der Waals surface area contributed by atoms with E-state index in [2.05, 4.69) is 21.2 Å². The number of anilines is 1. The lowest BCUT2D eigenvalue weighted by Gasteiger charge is -2.39. The van der Waals surface area contributed by atoms with Crippen LogP contribution < -0.4 is 5.32 Å². The van der Waals surface area contributed by atoms with Crippen LogP contribution in [0.25, 0.3) is 0 Å². The number of halogens is 2. The van der Waals surface area contributed by atoms with Gasteiger partial charge in [0.2, 0.25) is 0 Å². The van der Waals surface area contributed by atoms with Gasteiger partial charge in [0.05, 0.1) is 11.7 Å². The molecule has 2 aromatic rings. The number of carbonyl (C=O) groups is 1. The zero-order valence-corrected chi connectivity index (χ0v) is 15.1. The van der Waals surface area contributed by atoms with E-state index in [4.69, 9.17) is 4.74 Å². The summed E-state index contributed by atoms with van der Waals surface area (Å²) in [5, 5.41) is 3.32. The number of hydrogen-bond donors (Lipinski definition) is 1. The van der Waals surface area contributed by atoms with E-state index in [9.17, 15) is 9.18 Å². The highest BCUT2D eigenvalue weighted by molar-refractivity contribution is 9.10. The molecule has 2 heterocycles. The van der Waals surface area contributed by atoms with Gasteiger partial charge in [-0.15, -0.1) is 0 Å². The number of nitrogens with one attached hydrogen (secondary N) is 1. The molecular weight excluding hydrogens is 387 g/mol. The average Bonchev–Trinajstić information content (AvgIpc) is 3.13. The number of nitrogens with zero attached hydrogens (tertiary/aromatic N) is 1. The number of amides is 1. The SMILES string of the molecule is O=C1c2ccccc2NC(c2cc(Br)ccc2F)N1CC1CCCO1. The quantitative estimate of drug-likeness (QED) is 0.827. The molecule has 1 N–H and O–H groups in total. The van der Waals surface area contributed by atoms with Crippen LogP contribution in [-0.2, 0) is 4.74 Å². The molecule has 130 valence electrons. The zero-order valence-electron chi connectivity index (χ0n) is 13.5. The number of benzene rings is 2. The third-order valence-electron chi connectivity index (χ3n) is 4.70. The normalized spacial score (nSPS) is 22.6. The molecule has 0 radical (unpaired) electrons. The second kappa shape index (κ2) is 6.77. The van der Waals surface area contributed by atoms with Crippen molar-refractivity contribution in [2.45, 2.75) is 25.1 Å². The Labute approximate surface area is 154 Å². The molecule has 6 heteroatoms. The van der Waals surface area contributed by atoms with E-state index >= 15 is 0 Å². The summed E-state index contributed by atoms with van der Waals surface area (Å²) < 4.78 is 21.0. The van der Waals surface area contributed by atoms with Crippen LogP contribution in [0.2, 0.25) is 0 Å². The Bertz CT molecular complexity index is 808. The van der Waals surface area contributed by atoms with Gasteiger partial charge in [0, 0.05) is 28.9 Å². The highest BCUT2D eigenvalue weighted by Gasteiger charge is 2.36. The minimum atomic E-state index is -0.566. The third-order valence-corrected chi connectivity index (χ3v) is 5.19. The van der Waals surface area contributed by atoms with Gasteiger partial charge >= 0.3 is 0 Å². The van der Waals surface area contributed by atoms with Gasteiger partial charge < -0.3 is 15.0 Å². The third kappa shape index (κ3) is 3.16. The predicted octanol–water partition coefficient (Wildman–Crippen LogP) is 4.33. The van der Waals surface area contributed by atoms with Gasteiger partial charge in [-0.3, -0.25) is 4.79 Å². The fourth-order valence-corrected chi connectivity index (χ4v) is 3.84.